The monoisotopic (exact) mass is 369 g/mol. The Labute approximate surface area is 158 Å². The molecule has 3 rings (SSSR count). The number of hydrogen-bond acceptors (Lipinski definition) is 5. The van der Waals surface area contributed by atoms with Crippen molar-refractivity contribution in [3.8, 4) is 11.5 Å². The summed E-state index contributed by atoms with van der Waals surface area (Å²) in [5.74, 6) is 0.199. The molecule has 1 aliphatic heterocycles. The number of esters is 1. The molecule has 1 aliphatic rings. The van der Waals surface area contributed by atoms with Gasteiger partial charge in [0.05, 0.1) is 11.6 Å². The number of carbonyl (C=O) groups is 2. The highest BCUT2D eigenvalue weighted by Crippen LogP contribution is 2.30. The first-order chi connectivity index (χ1) is 13.2. The molecular weight excluding hydrogens is 346 g/mol. The summed E-state index contributed by atoms with van der Waals surface area (Å²) >= 11 is 0. The number of nitrogens with one attached hydrogen (secondary N) is 1. The fourth-order valence-corrected chi connectivity index (χ4v) is 2.92. The summed E-state index contributed by atoms with van der Waals surface area (Å²) in [4.78, 5) is 24.5. The van der Waals surface area contributed by atoms with Crippen molar-refractivity contribution in [2.24, 2.45) is 0 Å². The molecule has 1 heterocycles. The highest BCUT2D eigenvalue weighted by atomic mass is 16.6. The molecule has 27 heavy (non-hydrogen) atoms. The number of amides is 1. The molecule has 6 heteroatoms. The molecule has 1 amide bonds. The standard InChI is InChI=1S/C21H23NO5/c1-2-6-17(15-7-4-3-5-8-15)22-20(23)14-27-21(24)16-9-10-18-19(13-16)26-12-11-25-18/h3-5,7-10,13,17H,2,6,11-12,14H2,1H3,(H,22,23)/t17-/m1/s1. The molecule has 0 spiro atoms. The van der Waals surface area contributed by atoms with Gasteiger partial charge in [-0.15, -0.1) is 0 Å². The SMILES string of the molecule is CCC[C@@H](NC(=O)COC(=O)c1ccc2c(c1)OCCO2)c1ccccc1. The second-order valence-corrected chi connectivity index (χ2v) is 6.25. The first-order valence-corrected chi connectivity index (χ1v) is 9.08. The molecule has 2 aromatic rings. The molecular formula is C21H23NO5. The predicted molar refractivity (Wildman–Crippen MR) is 99.9 cm³/mol. The first-order valence-electron chi connectivity index (χ1n) is 9.08. The summed E-state index contributed by atoms with van der Waals surface area (Å²) in [5.41, 5.74) is 1.35. The zero-order chi connectivity index (χ0) is 19.1. The van der Waals surface area contributed by atoms with Gasteiger partial charge in [-0.05, 0) is 30.2 Å². The summed E-state index contributed by atoms with van der Waals surface area (Å²) in [6.07, 6.45) is 1.74. The molecule has 1 atom stereocenters. The average molecular weight is 369 g/mol. The van der Waals surface area contributed by atoms with Gasteiger partial charge in [0.1, 0.15) is 13.2 Å². The fourth-order valence-electron chi connectivity index (χ4n) is 2.92. The van der Waals surface area contributed by atoms with Crippen LogP contribution in [0.15, 0.2) is 48.5 Å². The number of benzene rings is 2. The number of ether oxygens (including phenoxy) is 3. The van der Waals surface area contributed by atoms with Crippen LogP contribution in [0.3, 0.4) is 0 Å². The highest BCUT2D eigenvalue weighted by molar-refractivity contribution is 5.92. The second-order valence-electron chi connectivity index (χ2n) is 6.25. The minimum absolute atomic E-state index is 0.100. The summed E-state index contributed by atoms with van der Waals surface area (Å²) in [6.45, 7) is 2.65. The minimum atomic E-state index is -0.575. The van der Waals surface area contributed by atoms with Crippen LogP contribution in [0.4, 0.5) is 0 Å². The minimum Gasteiger partial charge on any atom is -0.486 e. The van der Waals surface area contributed by atoms with Crippen molar-refractivity contribution in [2.45, 2.75) is 25.8 Å². The van der Waals surface area contributed by atoms with E-state index in [1.165, 1.54) is 0 Å². The van der Waals surface area contributed by atoms with Gasteiger partial charge in [0.15, 0.2) is 18.1 Å². The van der Waals surface area contributed by atoms with Crippen molar-refractivity contribution in [1.82, 2.24) is 5.32 Å². The number of fused-ring (bicyclic) bond motifs is 1. The molecule has 0 aliphatic carbocycles. The normalized spacial score (nSPS) is 13.5. The third kappa shape index (κ3) is 5.00. The van der Waals surface area contributed by atoms with Crippen molar-refractivity contribution in [3.05, 3.63) is 59.7 Å². The quantitative estimate of drug-likeness (QED) is 0.758. The van der Waals surface area contributed by atoms with Gasteiger partial charge in [-0.2, -0.15) is 0 Å². The Bertz CT molecular complexity index is 790. The summed E-state index contributed by atoms with van der Waals surface area (Å²) in [6, 6.07) is 14.5. The molecule has 6 nitrogen and oxygen atoms in total. The summed E-state index contributed by atoms with van der Waals surface area (Å²) < 4.78 is 16.0. The van der Waals surface area contributed by atoms with Crippen molar-refractivity contribution < 1.29 is 23.8 Å². The van der Waals surface area contributed by atoms with E-state index < -0.39 is 5.97 Å². The predicted octanol–water partition coefficient (Wildman–Crippen LogP) is 3.27. The zero-order valence-electron chi connectivity index (χ0n) is 15.3. The van der Waals surface area contributed by atoms with Crippen LogP contribution in [-0.2, 0) is 9.53 Å². The zero-order valence-corrected chi connectivity index (χ0v) is 15.3. The highest BCUT2D eigenvalue weighted by Gasteiger charge is 2.18. The molecule has 0 saturated heterocycles. The van der Waals surface area contributed by atoms with Crippen LogP contribution in [0, 0.1) is 0 Å². The van der Waals surface area contributed by atoms with E-state index in [0.29, 0.717) is 30.3 Å². The molecule has 2 aromatic carbocycles. The Morgan fingerprint density at radius 3 is 2.56 bits per heavy atom. The molecule has 142 valence electrons. The molecule has 0 saturated carbocycles. The molecule has 0 unspecified atom stereocenters. The Kier molecular flexibility index (Phi) is 6.30. The number of rotatable bonds is 7. The van der Waals surface area contributed by atoms with E-state index in [0.717, 1.165) is 18.4 Å². The van der Waals surface area contributed by atoms with E-state index in [4.69, 9.17) is 14.2 Å². The summed E-state index contributed by atoms with van der Waals surface area (Å²) in [5, 5.41) is 2.93. The van der Waals surface area contributed by atoms with Crippen LogP contribution in [0.25, 0.3) is 0 Å². The van der Waals surface area contributed by atoms with Crippen LogP contribution in [-0.4, -0.2) is 31.7 Å². The van der Waals surface area contributed by atoms with Crippen LogP contribution in [0.1, 0.15) is 41.7 Å². The van der Waals surface area contributed by atoms with Gasteiger partial charge in [-0.25, -0.2) is 4.79 Å². The van der Waals surface area contributed by atoms with Crippen molar-refractivity contribution >= 4 is 11.9 Å². The lowest BCUT2D eigenvalue weighted by atomic mass is 10.0. The van der Waals surface area contributed by atoms with E-state index in [9.17, 15) is 9.59 Å². The lowest BCUT2D eigenvalue weighted by Crippen LogP contribution is -2.32. The molecule has 0 radical (unpaired) electrons. The topological polar surface area (TPSA) is 73.9 Å². The Morgan fingerprint density at radius 2 is 1.81 bits per heavy atom. The maximum atomic E-state index is 12.2. The molecule has 0 fully saturated rings. The fraction of sp³-hybridized carbons (Fsp3) is 0.333. The lowest BCUT2D eigenvalue weighted by Gasteiger charge is -2.19. The largest absolute Gasteiger partial charge is 0.486 e. The lowest BCUT2D eigenvalue weighted by molar-refractivity contribution is -0.125. The van der Waals surface area contributed by atoms with E-state index in [1.54, 1.807) is 18.2 Å². The maximum Gasteiger partial charge on any atom is 0.338 e. The van der Waals surface area contributed by atoms with Crippen molar-refractivity contribution in [2.75, 3.05) is 19.8 Å². The van der Waals surface area contributed by atoms with E-state index >= 15 is 0 Å². The van der Waals surface area contributed by atoms with Gasteiger partial charge in [0.2, 0.25) is 0 Å². The van der Waals surface area contributed by atoms with Gasteiger partial charge >= 0.3 is 5.97 Å². The molecule has 0 aromatic heterocycles. The van der Waals surface area contributed by atoms with Gasteiger partial charge in [-0.3, -0.25) is 4.79 Å². The maximum absolute atomic E-state index is 12.2. The van der Waals surface area contributed by atoms with Crippen LogP contribution >= 0.6 is 0 Å². The van der Waals surface area contributed by atoms with Crippen LogP contribution in [0.2, 0.25) is 0 Å². The van der Waals surface area contributed by atoms with E-state index in [1.807, 2.05) is 30.3 Å². The van der Waals surface area contributed by atoms with Crippen LogP contribution < -0.4 is 14.8 Å². The van der Waals surface area contributed by atoms with Gasteiger partial charge in [-0.1, -0.05) is 43.7 Å². The second kappa shape index (κ2) is 9.07. The van der Waals surface area contributed by atoms with Crippen molar-refractivity contribution in [1.29, 1.82) is 0 Å². The van der Waals surface area contributed by atoms with E-state index in [2.05, 4.69) is 12.2 Å². The Balaban J connectivity index is 1.55. The molecule has 0 bridgehead atoms. The third-order valence-corrected chi connectivity index (χ3v) is 4.23. The summed E-state index contributed by atoms with van der Waals surface area (Å²) in [7, 11) is 0. The molecule has 1 N–H and O–H groups in total. The smallest absolute Gasteiger partial charge is 0.338 e. The van der Waals surface area contributed by atoms with Gasteiger partial charge in [0, 0.05) is 0 Å². The van der Waals surface area contributed by atoms with Gasteiger partial charge < -0.3 is 19.5 Å². The average Bonchev–Trinajstić information content (AvgIpc) is 2.72. The Hall–Kier alpha value is -3.02. The third-order valence-electron chi connectivity index (χ3n) is 4.23. The number of carbonyl (C=O) groups excluding carboxylic acids is 2. The first kappa shape index (κ1) is 18.8. The Morgan fingerprint density at radius 1 is 1.07 bits per heavy atom. The van der Waals surface area contributed by atoms with Gasteiger partial charge in [0.25, 0.3) is 5.91 Å². The number of hydrogen-bond donors (Lipinski definition) is 1. The van der Waals surface area contributed by atoms with Crippen molar-refractivity contribution in [3.63, 3.8) is 0 Å². The van der Waals surface area contributed by atoms with Crippen LogP contribution in [0.5, 0.6) is 11.5 Å². The van der Waals surface area contributed by atoms with E-state index in [-0.39, 0.29) is 18.6 Å².